The second-order valence-corrected chi connectivity index (χ2v) is 5.66. The van der Waals surface area contributed by atoms with Gasteiger partial charge < -0.3 is 10.5 Å². The largest absolute Gasteiger partial charge is 0.399 e. The molecular weight excluding hydrogens is 224 g/mol. The molecule has 0 amide bonds. The van der Waals surface area contributed by atoms with Crippen LogP contribution in [0.3, 0.4) is 0 Å². The Balaban J connectivity index is 2.02. The van der Waals surface area contributed by atoms with Crippen LogP contribution in [-0.4, -0.2) is 30.7 Å². The van der Waals surface area contributed by atoms with Gasteiger partial charge in [0, 0.05) is 25.9 Å². The van der Waals surface area contributed by atoms with Crippen molar-refractivity contribution >= 4 is 5.69 Å². The summed E-state index contributed by atoms with van der Waals surface area (Å²) in [6, 6.07) is 6.36. The molecule has 1 aliphatic heterocycles. The number of hydrogen-bond donors (Lipinski definition) is 1. The van der Waals surface area contributed by atoms with Gasteiger partial charge in [-0.05, 0) is 50.4 Å². The van der Waals surface area contributed by atoms with Crippen molar-refractivity contribution in [2.24, 2.45) is 0 Å². The first kappa shape index (κ1) is 13.4. The number of nitrogen functional groups attached to an aromatic ring is 1. The normalized spacial score (nSPS) is 25.3. The molecule has 18 heavy (non-hydrogen) atoms. The van der Waals surface area contributed by atoms with Crippen molar-refractivity contribution in [3.8, 4) is 0 Å². The van der Waals surface area contributed by atoms with E-state index < -0.39 is 0 Å². The summed E-state index contributed by atoms with van der Waals surface area (Å²) in [6.45, 7) is 7.35. The third-order valence-electron chi connectivity index (χ3n) is 3.98. The molecule has 100 valence electrons. The molecule has 1 saturated heterocycles. The Morgan fingerprint density at radius 3 is 2.89 bits per heavy atom. The van der Waals surface area contributed by atoms with Crippen LogP contribution in [0.4, 0.5) is 5.69 Å². The highest BCUT2D eigenvalue weighted by molar-refractivity contribution is 5.48. The van der Waals surface area contributed by atoms with Gasteiger partial charge in [-0.25, -0.2) is 0 Å². The number of benzene rings is 1. The van der Waals surface area contributed by atoms with Crippen LogP contribution in [0.2, 0.25) is 0 Å². The first-order chi connectivity index (χ1) is 8.52. The molecule has 1 aromatic carbocycles. The molecule has 0 aliphatic carbocycles. The Morgan fingerprint density at radius 2 is 2.22 bits per heavy atom. The van der Waals surface area contributed by atoms with Crippen molar-refractivity contribution in [2.75, 3.05) is 25.9 Å². The van der Waals surface area contributed by atoms with Crippen LogP contribution in [0, 0.1) is 6.92 Å². The van der Waals surface area contributed by atoms with E-state index in [0.29, 0.717) is 0 Å². The topological polar surface area (TPSA) is 38.5 Å². The molecule has 0 bridgehead atoms. The molecule has 2 N–H and O–H groups in total. The average molecular weight is 248 g/mol. The molecule has 1 aliphatic rings. The van der Waals surface area contributed by atoms with E-state index in [1.165, 1.54) is 12.0 Å². The molecular formula is C15H24N2O. The lowest BCUT2D eigenvalue weighted by Gasteiger charge is -2.39. The predicted molar refractivity (Wildman–Crippen MR) is 75.5 cm³/mol. The minimum atomic E-state index is 0.00842. The minimum absolute atomic E-state index is 0.00842. The number of aryl methyl sites for hydroxylation is 1. The SMILES string of the molecule is COC1(C)CCCN(Cc2ccc(C)c(N)c2)C1. The number of rotatable bonds is 3. The van der Waals surface area contributed by atoms with Gasteiger partial charge in [0.15, 0.2) is 0 Å². The summed E-state index contributed by atoms with van der Waals surface area (Å²) in [4.78, 5) is 2.46. The van der Waals surface area contributed by atoms with Gasteiger partial charge in [0.1, 0.15) is 0 Å². The smallest absolute Gasteiger partial charge is 0.0777 e. The van der Waals surface area contributed by atoms with Crippen LogP contribution >= 0.6 is 0 Å². The second kappa shape index (κ2) is 5.29. The number of nitrogens with zero attached hydrogens (tertiary/aromatic N) is 1. The molecule has 1 heterocycles. The minimum Gasteiger partial charge on any atom is -0.399 e. The Labute approximate surface area is 110 Å². The monoisotopic (exact) mass is 248 g/mol. The Kier molecular flexibility index (Phi) is 3.93. The van der Waals surface area contributed by atoms with Gasteiger partial charge in [-0.2, -0.15) is 0 Å². The lowest BCUT2D eigenvalue weighted by atomic mass is 9.94. The number of nitrogens with two attached hydrogens (primary N) is 1. The standard InChI is InChI=1S/C15H24N2O/c1-12-5-6-13(9-14(12)16)10-17-8-4-7-15(2,11-17)18-3/h5-6,9H,4,7-8,10-11,16H2,1-3H3. The number of anilines is 1. The van der Waals surface area contributed by atoms with E-state index in [1.54, 1.807) is 0 Å². The lowest BCUT2D eigenvalue weighted by molar-refractivity contribution is -0.0526. The third-order valence-corrected chi connectivity index (χ3v) is 3.98. The predicted octanol–water partition coefficient (Wildman–Crippen LogP) is 2.58. The fraction of sp³-hybridized carbons (Fsp3) is 0.600. The van der Waals surface area contributed by atoms with Gasteiger partial charge in [0.25, 0.3) is 0 Å². The zero-order chi connectivity index (χ0) is 13.2. The van der Waals surface area contributed by atoms with Crippen molar-refractivity contribution in [3.05, 3.63) is 29.3 Å². The molecule has 1 fully saturated rings. The fourth-order valence-corrected chi connectivity index (χ4v) is 2.66. The van der Waals surface area contributed by atoms with Gasteiger partial charge in [0.05, 0.1) is 5.60 Å². The van der Waals surface area contributed by atoms with E-state index in [9.17, 15) is 0 Å². The third kappa shape index (κ3) is 3.03. The Morgan fingerprint density at radius 1 is 1.44 bits per heavy atom. The van der Waals surface area contributed by atoms with E-state index in [4.69, 9.17) is 10.5 Å². The van der Waals surface area contributed by atoms with Crippen LogP contribution in [0.15, 0.2) is 18.2 Å². The van der Waals surface area contributed by atoms with Crippen molar-refractivity contribution in [1.82, 2.24) is 4.90 Å². The summed E-state index contributed by atoms with van der Waals surface area (Å²) in [5.74, 6) is 0. The van der Waals surface area contributed by atoms with Gasteiger partial charge in [-0.3, -0.25) is 4.90 Å². The van der Waals surface area contributed by atoms with E-state index in [2.05, 4.69) is 30.0 Å². The van der Waals surface area contributed by atoms with E-state index in [-0.39, 0.29) is 5.60 Å². The molecule has 1 aromatic rings. The van der Waals surface area contributed by atoms with Crippen molar-refractivity contribution in [2.45, 2.75) is 38.8 Å². The fourth-order valence-electron chi connectivity index (χ4n) is 2.66. The van der Waals surface area contributed by atoms with Gasteiger partial charge >= 0.3 is 0 Å². The van der Waals surface area contributed by atoms with Crippen LogP contribution in [0.5, 0.6) is 0 Å². The average Bonchev–Trinajstić information content (AvgIpc) is 2.34. The van der Waals surface area contributed by atoms with Crippen molar-refractivity contribution < 1.29 is 4.74 Å². The summed E-state index contributed by atoms with van der Waals surface area (Å²) < 4.78 is 5.62. The van der Waals surface area contributed by atoms with Gasteiger partial charge in [-0.15, -0.1) is 0 Å². The van der Waals surface area contributed by atoms with Crippen molar-refractivity contribution in [3.63, 3.8) is 0 Å². The highest BCUT2D eigenvalue weighted by Gasteiger charge is 2.30. The number of methoxy groups -OCH3 is 1. The maximum atomic E-state index is 5.96. The number of ether oxygens (including phenoxy) is 1. The molecule has 3 heteroatoms. The lowest BCUT2D eigenvalue weighted by Crippen LogP contribution is -2.46. The van der Waals surface area contributed by atoms with Crippen LogP contribution in [0.1, 0.15) is 30.9 Å². The van der Waals surface area contributed by atoms with Crippen LogP contribution in [0.25, 0.3) is 0 Å². The number of likely N-dealkylation sites (tertiary alicyclic amines) is 1. The van der Waals surface area contributed by atoms with Gasteiger partial charge in [0.2, 0.25) is 0 Å². The number of hydrogen-bond acceptors (Lipinski definition) is 3. The molecule has 0 aromatic heterocycles. The maximum Gasteiger partial charge on any atom is 0.0777 e. The second-order valence-electron chi connectivity index (χ2n) is 5.66. The van der Waals surface area contributed by atoms with Crippen molar-refractivity contribution in [1.29, 1.82) is 0 Å². The summed E-state index contributed by atoms with van der Waals surface area (Å²) in [5.41, 5.74) is 9.30. The summed E-state index contributed by atoms with van der Waals surface area (Å²) in [5, 5.41) is 0. The zero-order valence-electron chi connectivity index (χ0n) is 11.7. The molecule has 0 spiro atoms. The Hall–Kier alpha value is -1.06. The first-order valence-corrected chi connectivity index (χ1v) is 6.65. The highest BCUT2D eigenvalue weighted by Crippen LogP contribution is 2.25. The number of piperidine rings is 1. The summed E-state index contributed by atoms with van der Waals surface area (Å²) in [6.07, 6.45) is 2.35. The quantitative estimate of drug-likeness (QED) is 0.836. The van der Waals surface area contributed by atoms with Crippen LogP contribution < -0.4 is 5.73 Å². The van der Waals surface area contributed by atoms with E-state index in [1.807, 2.05) is 14.0 Å². The Bertz CT molecular complexity index is 419. The molecule has 0 radical (unpaired) electrons. The summed E-state index contributed by atoms with van der Waals surface area (Å²) >= 11 is 0. The maximum absolute atomic E-state index is 5.96. The molecule has 3 nitrogen and oxygen atoms in total. The van der Waals surface area contributed by atoms with Crippen LogP contribution in [-0.2, 0) is 11.3 Å². The molecule has 2 rings (SSSR count). The molecule has 0 saturated carbocycles. The first-order valence-electron chi connectivity index (χ1n) is 6.65. The summed E-state index contributed by atoms with van der Waals surface area (Å²) in [7, 11) is 1.81. The zero-order valence-corrected chi connectivity index (χ0v) is 11.7. The van der Waals surface area contributed by atoms with E-state index in [0.717, 1.165) is 37.3 Å². The van der Waals surface area contributed by atoms with Gasteiger partial charge in [-0.1, -0.05) is 12.1 Å². The molecule has 1 unspecified atom stereocenters. The molecule has 1 atom stereocenters. The van der Waals surface area contributed by atoms with E-state index >= 15 is 0 Å². The highest BCUT2D eigenvalue weighted by atomic mass is 16.5.